The third-order valence-electron chi connectivity index (χ3n) is 2.83. The largest absolute Gasteiger partial charge is 0.465 e. The molecule has 6 heteroatoms. The van der Waals surface area contributed by atoms with Crippen LogP contribution in [0.2, 0.25) is 0 Å². The SMILES string of the molecule is CCC(N)C(c1ccc(C)o1)N(C)CC(F)(F)F. The minimum Gasteiger partial charge on any atom is -0.465 e. The summed E-state index contributed by atoms with van der Waals surface area (Å²) in [5.74, 6) is 1.15. The third kappa shape index (κ3) is 4.03. The van der Waals surface area contributed by atoms with Crippen LogP contribution in [0.5, 0.6) is 0 Å². The zero-order valence-corrected chi connectivity index (χ0v) is 10.8. The Kier molecular flexibility index (Phi) is 4.81. The van der Waals surface area contributed by atoms with Gasteiger partial charge in [-0.25, -0.2) is 0 Å². The second kappa shape index (κ2) is 5.75. The van der Waals surface area contributed by atoms with Gasteiger partial charge in [0.15, 0.2) is 0 Å². The Morgan fingerprint density at radius 2 is 2.00 bits per heavy atom. The summed E-state index contributed by atoms with van der Waals surface area (Å²) >= 11 is 0. The molecule has 0 aliphatic rings. The summed E-state index contributed by atoms with van der Waals surface area (Å²) in [4.78, 5) is 1.19. The van der Waals surface area contributed by atoms with Gasteiger partial charge in [-0.15, -0.1) is 0 Å². The molecule has 18 heavy (non-hydrogen) atoms. The van der Waals surface area contributed by atoms with Crippen molar-refractivity contribution in [1.82, 2.24) is 4.90 Å². The van der Waals surface area contributed by atoms with Gasteiger partial charge in [-0.3, -0.25) is 4.90 Å². The molecule has 104 valence electrons. The third-order valence-corrected chi connectivity index (χ3v) is 2.83. The molecule has 3 nitrogen and oxygen atoms in total. The van der Waals surface area contributed by atoms with E-state index in [1.54, 1.807) is 19.1 Å². The van der Waals surface area contributed by atoms with Crippen LogP contribution in [0.3, 0.4) is 0 Å². The molecule has 0 aliphatic carbocycles. The zero-order valence-electron chi connectivity index (χ0n) is 10.8. The molecule has 0 amide bonds. The van der Waals surface area contributed by atoms with Crippen molar-refractivity contribution in [1.29, 1.82) is 0 Å². The van der Waals surface area contributed by atoms with Crippen molar-refractivity contribution >= 4 is 0 Å². The van der Waals surface area contributed by atoms with Crippen molar-refractivity contribution in [3.63, 3.8) is 0 Å². The molecule has 1 heterocycles. The van der Waals surface area contributed by atoms with Gasteiger partial charge in [0.05, 0.1) is 12.6 Å². The summed E-state index contributed by atoms with van der Waals surface area (Å²) in [6.45, 7) is 2.59. The molecule has 0 saturated carbocycles. The molecule has 2 N–H and O–H groups in total. The molecule has 1 rings (SSSR count). The minimum absolute atomic E-state index is 0.400. The Bertz CT molecular complexity index is 376. The molecule has 2 unspecified atom stereocenters. The zero-order chi connectivity index (χ0) is 13.9. The second-order valence-corrected chi connectivity index (χ2v) is 4.50. The van der Waals surface area contributed by atoms with E-state index in [1.165, 1.54) is 11.9 Å². The first-order valence-corrected chi connectivity index (χ1v) is 5.83. The highest BCUT2D eigenvalue weighted by Crippen LogP contribution is 2.28. The maximum atomic E-state index is 12.4. The van der Waals surface area contributed by atoms with Gasteiger partial charge in [0, 0.05) is 6.04 Å². The number of hydrogen-bond donors (Lipinski definition) is 1. The molecule has 1 aromatic rings. The van der Waals surface area contributed by atoms with E-state index in [0.29, 0.717) is 17.9 Å². The van der Waals surface area contributed by atoms with Crippen molar-refractivity contribution in [3.8, 4) is 0 Å². The van der Waals surface area contributed by atoms with Crippen LogP contribution in [0.4, 0.5) is 13.2 Å². The number of alkyl halides is 3. The highest BCUT2D eigenvalue weighted by molar-refractivity contribution is 5.12. The average Bonchev–Trinajstić information content (AvgIpc) is 2.62. The Labute approximate surface area is 105 Å². The number of rotatable bonds is 5. The summed E-state index contributed by atoms with van der Waals surface area (Å²) in [5.41, 5.74) is 5.91. The van der Waals surface area contributed by atoms with E-state index in [0.717, 1.165) is 0 Å². The fourth-order valence-electron chi connectivity index (χ4n) is 1.97. The van der Waals surface area contributed by atoms with E-state index in [-0.39, 0.29) is 0 Å². The second-order valence-electron chi connectivity index (χ2n) is 4.50. The van der Waals surface area contributed by atoms with Gasteiger partial charge in [0.2, 0.25) is 0 Å². The number of aryl methyl sites for hydroxylation is 1. The van der Waals surface area contributed by atoms with E-state index in [9.17, 15) is 13.2 Å². The number of furan rings is 1. The Balaban J connectivity index is 2.92. The van der Waals surface area contributed by atoms with Crippen LogP contribution >= 0.6 is 0 Å². The van der Waals surface area contributed by atoms with Gasteiger partial charge >= 0.3 is 6.18 Å². The fourth-order valence-corrected chi connectivity index (χ4v) is 1.97. The van der Waals surface area contributed by atoms with E-state index in [1.807, 2.05) is 6.92 Å². The lowest BCUT2D eigenvalue weighted by molar-refractivity contribution is -0.149. The first-order chi connectivity index (χ1) is 8.24. The molecule has 0 bridgehead atoms. The normalized spacial score (nSPS) is 16.0. The monoisotopic (exact) mass is 264 g/mol. The van der Waals surface area contributed by atoms with Gasteiger partial charge in [-0.1, -0.05) is 6.92 Å². The molecule has 0 aromatic carbocycles. The summed E-state index contributed by atoms with van der Waals surface area (Å²) in [5, 5.41) is 0. The lowest BCUT2D eigenvalue weighted by atomic mass is 10.0. The van der Waals surface area contributed by atoms with E-state index in [2.05, 4.69) is 0 Å². The number of halogens is 3. The predicted molar refractivity (Wildman–Crippen MR) is 63.1 cm³/mol. The molecule has 0 fully saturated rings. The van der Waals surface area contributed by atoms with Crippen LogP contribution in [-0.4, -0.2) is 30.7 Å². The number of nitrogens with zero attached hydrogens (tertiary/aromatic N) is 1. The number of hydrogen-bond acceptors (Lipinski definition) is 3. The Morgan fingerprint density at radius 1 is 1.39 bits per heavy atom. The first kappa shape index (κ1) is 15.0. The van der Waals surface area contributed by atoms with Crippen LogP contribution in [0.1, 0.15) is 30.9 Å². The number of nitrogens with two attached hydrogens (primary N) is 1. The summed E-state index contributed by atoms with van der Waals surface area (Å²) < 4.78 is 42.7. The summed E-state index contributed by atoms with van der Waals surface area (Å²) in [7, 11) is 1.41. The van der Waals surface area contributed by atoms with Gasteiger partial charge in [0.1, 0.15) is 11.5 Å². The average molecular weight is 264 g/mol. The highest BCUT2D eigenvalue weighted by atomic mass is 19.4. The molecule has 0 saturated heterocycles. The molecular formula is C12H19F3N2O. The Hall–Kier alpha value is -1.01. The molecule has 0 radical (unpaired) electrons. The van der Waals surface area contributed by atoms with Crippen molar-refractivity contribution in [2.45, 2.75) is 38.5 Å². The molecule has 0 spiro atoms. The van der Waals surface area contributed by atoms with Gasteiger partial charge < -0.3 is 10.2 Å². The van der Waals surface area contributed by atoms with Crippen molar-refractivity contribution in [3.05, 3.63) is 23.7 Å². The summed E-state index contributed by atoms with van der Waals surface area (Å²) in [6, 6.07) is 2.45. The van der Waals surface area contributed by atoms with E-state index in [4.69, 9.17) is 10.2 Å². The molecular weight excluding hydrogens is 245 g/mol. The smallest absolute Gasteiger partial charge is 0.401 e. The predicted octanol–water partition coefficient (Wildman–Crippen LogP) is 2.86. The molecule has 0 aliphatic heterocycles. The van der Waals surface area contributed by atoms with E-state index < -0.39 is 24.8 Å². The van der Waals surface area contributed by atoms with Crippen LogP contribution in [0, 0.1) is 6.92 Å². The van der Waals surface area contributed by atoms with Gasteiger partial charge in [-0.05, 0) is 32.5 Å². The van der Waals surface area contributed by atoms with Crippen molar-refractivity contribution in [2.75, 3.05) is 13.6 Å². The molecule has 1 aromatic heterocycles. The maximum Gasteiger partial charge on any atom is 0.401 e. The topological polar surface area (TPSA) is 42.4 Å². The Morgan fingerprint density at radius 3 is 2.39 bits per heavy atom. The summed E-state index contributed by atoms with van der Waals surface area (Å²) in [6.07, 6.45) is -3.67. The highest BCUT2D eigenvalue weighted by Gasteiger charge is 2.35. The van der Waals surface area contributed by atoms with Crippen LogP contribution < -0.4 is 5.73 Å². The van der Waals surface area contributed by atoms with Crippen LogP contribution in [-0.2, 0) is 0 Å². The van der Waals surface area contributed by atoms with Crippen LogP contribution in [0.15, 0.2) is 16.5 Å². The van der Waals surface area contributed by atoms with Gasteiger partial charge in [-0.2, -0.15) is 13.2 Å². The van der Waals surface area contributed by atoms with Crippen LogP contribution in [0.25, 0.3) is 0 Å². The van der Waals surface area contributed by atoms with Crippen molar-refractivity contribution < 1.29 is 17.6 Å². The van der Waals surface area contributed by atoms with Crippen molar-refractivity contribution in [2.24, 2.45) is 5.73 Å². The fraction of sp³-hybridized carbons (Fsp3) is 0.667. The van der Waals surface area contributed by atoms with Gasteiger partial charge in [0.25, 0.3) is 0 Å². The quantitative estimate of drug-likeness (QED) is 0.889. The maximum absolute atomic E-state index is 12.4. The van der Waals surface area contributed by atoms with E-state index >= 15 is 0 Å². The molecule has 2 atom stereocenters. The standard InChI is InChI=1S/C12H19F3N2O/c1-4-9(16)11(10-6-5-8(2)18-10)17(3)7-12(13,14)15/h5-6,9,11H,4,7,16H2,1-3H3. The first-order valence-electron chi connectivity index (χ1n) is 5.83. The number of likely N-dealkylation sites (N-methyl/N-ethyl adjacent to an activating group) is 1. The minimum atomic E-state index is -4.25. The lowest BCUT2D eigenvalue weighted by Gasteiger charge is -2.31. The lowest BCUT2D eigenvalue weighted by Crippen LogP contribution is -2.42.